The maximum absolute atomic E-state index is 12.1. The predicted molar refractivity (Wildman–Crippen MR) is 96.7 cm³/mol. The quantitative estimate of drug-likeness (QED) is 0.717. The Labute approximate surface area is 150 Å². The molecule has 1 aliphatic carbocycles. The molecule has 0 unspecified atom stereocenters. The standard InChI is InChI=1S/C17H21N5O2S/c23-16(19-13-5-6-14-12(10-13)2-1-9-24-14)18-7-8-22-15(11-3-4-11)20-21-17(22)25/h5-6,10-11H,1-4,7-9H2,(H,21,25)(H2,18,19,23). The van der Waals surface area contributed by atoms with Crippen LogP contribution in [0, 0.1) is 4.77 Å². The number of benzene rings is 1. The Morgan fingerprint density at radius 2 is 2.32 bits per heavy atom. The van der Waals surface area contributed by atoms with Crippen LogP contribution in [0.2, 0.25) is 0 Å². The zero-order valence-electron chi connectivity index (χ0n) is 13.9. The number of nitrogens with one attached hydrogen (secondary N) is 3. The molecule has 4 rings (SSSR count). The van der Waals surface area contributed by atoms with Crippen LogP contribution in [0.1, 0.15) is 36.6 Å². The molecule has 1 saturated carbocycles. The fourth-order valence-electron chi connectivity index (χ4n) is 3.09. The lowest BCUT2D eigenvalue weighted by Gasteiger charge is -2.18. The number of carbonyl (C=O) groups is 1. The monoisotopic (exact) mass is 359 g/mol. The van der Waals surface area contributed by atoms with E-state index in [0.717, 1.165) is 55.1 Å². The molecule has 0 radical (unpaired) electrons. The van der Waals surface area contributed by atoms with Gasteiger partial charge in [0.2, 0.25) is 0 Å². The van der Waals surface area contributed by atoms with Gasteiger partial charge in [0.1, 0.15) is 11.6 Å². The van der Waals surface area contributed by atoms with Crippen LogP contribution in [0.4, 0.5) is 10.5 Å². The Hall–Kier alpha value is -2.35. The number of aromatic nitrogens is 3. The first-order valence-corrected chi connectivity index (χ1v) is 9.07. The first kappa shape index (κ1) is 16.1. The molecule has 2 aromatic rings. The van der Waals surface area contributed by atoms with Crippen LogP contribution >= 0.6 is 12.2 Å². The number of amides is 2. The zero-order valence-corrected chi connectivity index (χ0v) is 14.7. The second-order valence-electron chi connectivity index (χ2n) is 6.47. The highest BCUT2D eigenvalue weighted by atomic mass is 32.1. The van der Waals surface area contributed by atoms with Crippen molar-refractivity contribution in [2.24, 2.45) is 0 Å². The summed E-state index contributed by atoms with van der Waals surface area (Å²) in [6.45, 7) is 1.87. The van der Waals surface area contributed by atoms with E-state index in [4.69, 9.17) is 17.0 Å². The van der Waals surface area contributed by atoms with Crippen molar-refractivity contribution in [3.63, 3.8) is 0 Å². The fourth-order valence-corrected chi connectivity index (χ4v) is 3.32. The molecular weight excluding hydrogens is 338 g/mol. The number of urea groups is 1. The lowest BCUT2D eigenvalue weighted by Crippen LogP contribution is -2.31. The number of fused-ring (bicyclic) bond motifs is 1. The Morgan fingerprint density at radius 1 is 1.44 bits per heavy atom. The van der Waals surface area contributed by atoms with Gasteiger partial charge in [0.05, 0.1) is 6.61 Å². The highest BCUT2D eigenvalue weighted by Crippen LogP contribution is 2.38. The van der Waals surface area contributed by atoms with E-state index in [2.05, 4.69) is 20.8 Å². The molecule has 3 N–H and O–H groups in total. The minimum Gasteiger partial charge on any atom is -0.493 e. The molecule has 25 heavy (non-hydrogen) atoms. The number of hydrogen-bond donors (Lipinski definition) is 3. The number of aromatic amines is 1. The van der Waals surface area contributed by atoms with Gasteiger partial charge in [0, 0.05) is 24.7 Å². The number of aryl methyl sites for hydroxylation is 1. The SMILES string of the molecule is O=C(NCCn1c(C2CC2)n[nH]c1=S)Nc1ccc2c(c1)CCCO2. The molecule has 0 saturated heterocycles. The van der Waals surface area contributed by atoms with E-state index < -0.39 is 0 Å². The predicted octanol–water partition coefficient (Wildman–Crippen LogP) is 2.96. The summed E-state index contributed by atoms with van der Waals surface area (Å²) in [5.41, 5.74) is 1.92. The van der Waals surface area contributed by atoms with Crippen molar-refractivity contribution in [1.82, 2.24) is 20.1 Å². The Balaban J connectivity index is 1.31. The first-order chi connectivity index (χ1) is 12.2. The average molecular weight is 359 g/mol. The summed E-state index contributed by atoms with van der Waals surface area (Å²) < 4.78 is 8.17. The number of anilines is 1. The molecule has 8 heteroatoms. The summed E-state index contributed by atoms with van der Waals surface area (Å²) in [5.74, 6) is 2.43. The van der Waals surface area contributed by atoms with Crippen LogP contribution in [-0.4, -0.2) is 33.9 Å². The third-order valence-electron chi connectivity index (χ3n) is 4.52. The summed E-state index contributed by atoms with van der Waals surface area (Å²) >= 11 is 5.27. The van der Waals surface area contributed by atoms with Crippen LogP contribution in [0.25, 0.3) is 0 Å². The smallest absolute Gasteiger partial charge is 0.319 e. The van der Waals surface area contributed by atoms with Crippen LogP contribution in [0.15, 0.2) is 18.2 Å². The van der Waals surface area contributed by atoms with Crippen LogP contribution in [0.5, 0.6) is 5.75 Å². The molecular formula is C17H21N5O2S. The molecule has 0 spiro atoms. The number of carbonyl (C=O) groups excluding carboxylic acids is 1. The van der Waals surface area contributed by atoms with Gasteiger partial charge in [-0.3, -0.25) is 5.10 Å². The van der Waals surface area contributed by atoms with Gasteiger partial charge < -0.3 is 19.9 Å². The molecule has 0 atom stereocenters. The molecule has 0 bridgehead atoms. The van der Waals surface area contributed by atoms with E-state index >= 15 is 0 Å². The summed E-state index contributed by atoms with van der Waals surface area (Å²) in [5, 5.41) is 12.9. The second kappa shape index (κ2) is 6.87. The Bertz CT molecular complexity index is 840. The third-order valence-corrected chi connectivity index (χ3v) is 4.83. The molecule has 7 nitrogen and oxygen atoms in total. The second-order valence-corrected chi connectivity index (χ2v) is 6.85. The summed E-state index contributed by atoms with van der Waals surface area (Å²) in [7, 11) is 0. The molecule has 2 heterocycles. The zero-order chi connectivity index (χ0) is 17.2. The Morgan fingerprint density at radius 3 is 3.16 bits per heavy atom. The minimum absolute atomic E-state index is 0.223. The van der Waals surface area contributed by atoms with Gasteiger partial charge in [-0.25, -0.2) is 4.79 Å². The van der Waals surface area contributed by atoms with Crippen LogP contribution < -0.4 is 15.4 Å². The number of hydrogen-bond acceptors (Lipinski definition) is 4. The third kappa shape index (κ3) is 3.68. The van der Waals surface area contributed by atoms with Gasteiger partial charge in [-0.15, -0.1) is 0 Å². The normalized spacial score (nSPS) is 16.0. The van der Waals surface area contributed by atoms with Crippen LogP contribution in [-0.2, 0) is 13.0 Å². The minimum atomic E-state index is -0.223. The van der Waals surface area contributed by atoms with Gasteiger partial charge >= 0.3 is 6.03 Å². The van der Waals surface area contributed by atoms with Crippen molar-refractivity contribution < 1.29 is 9.53 Å². The fraction of sp³-hybridized carbons (Fsp3) is 0.471. The molecule has 1 fully saturated rings. The summed E-state index contributed by atoms with van der Waals surface area (Å²) in [6.07, 6.45) is 4.32. The molecule has 2 aliphatic rings. The van der Waals surface area contributed by atoms with E-state index in [1.165, 1.54) is 0 Å². The highest BCUT2D eigenvalue weighted by Gasteiger charge is 2.28. The number of rotatable bonds is 5. The van der Waals surface area contributed by atoms with E-state index in [9.17, 15) is 4.79 Å². The maximum Gasteiger partial charge on any atom is 0.319 e. The summed E-state index contributed by atoms with van der Waals surface area (Å²) in [4.78, 5) is 12.1. The number of nitrogens with zero attached hydrogens (tertiary/aromatic N) is 2. The lowest BCUT2D eigenvalue weighted by molar-refractivity contribution is 0.251. The topological polar surface area (TPSA) is 84.0 Å². The van der Waals surface area contributed by atoms with Gasteiger partial charge in [-0.1, -0.05) is 0 Å². The van der Waals surface area contributed by atoms with Gasteiger partial charge in [-0.2, -0.15) is 5.10 Å². The van der Waals surface area contributed by atoms with Crippen molar-refractivity contribution in [2.75, 3.05) is 18.5 Å². The largest absolute Gasteiger partial charge is 0.493 e. The van der Waals surface area contributed by atoms with Crippen molar-refractivity contribution in [3.05, 3.63) is 34.4 Å². The maximum atomic E-state index is 12.1. The molecule has 1 aromatic heterocycles. The lowest BCUT2D eigenvalue weighted by atomic mass is 10.1. The Kier molecular flexibility index (Phi) is 4.44. The van der Waals surface area contributed by atoms with E-state index in [-0.39, 0.29) is 6.03 Å². The number of ether oxygens (including phenoxy) is 1. The average Bonchev–Trinajstić information content (AvgIpc) is 3.39. The van der Waals surface area contributed by atoms with E-state index in [1.54, 1.807) is 0 Å². The van der Waals surface area contributed by atoms with E-state index in [1.807, 2.05) is 22.8 Å². The van der Waals surface area contributed by atoms with Gasteiger partial charge in [-0.05, 0) is 61.7 Å². The first-order valence-electron chi connectivity index (χ1n) is 8.66. The van der Waals surface area contributed by atoms with Crippen molar-refractivity contribution in [2.45, 2.75) is 38.1 Å². The summed E-state index contributed by atoms with van der Waals surface area (Å²) in [6, 6.07) is 5.53. The van der Waals surface area contributed by atoms with Crippen LogP contribution in [0.3, 0.4) is 0 Å². The highest BCUT2D eigenvalue weighted by molar-refractivity contribution is 7.71. The van der Waals surface area contributed by atoms with Crippen molar-refractivity contribution in [1.29, 1.82) is 0 Å². The molecule has 2 amide bonds. The van der Waals surface area contributed by atoms with Gasteiger partial charge in [0.25, 0.3) is 0 Å². The van der Waals surface area contributed by atoms with Gasteiger partial charge in [0.15, 0.2) is 4.77 Å². The van der Waals surface area contributed by atoms with Crippen molar-refractivity contribution in [3.8, 4) is 5.75 Å². The van der Waals surface area contributed by atoms with E-state index in [0.29, 0.717) is 23.8 Å². The number of H-pyrrole nitrogens is 1. The van der Waals surface area contributed by atoms with Crippen molar-refractivity contribution >= 4 is 23.9 Å². The molecule has 1 aliphatic heterocycles. The molecule has 1 aromatic carbocycles. The molecule has 132 valence electrons.